The average Bonchev–Trinajstić information content (AvgIpc) is 2.69. The SMILES string of the molecule is CCOC(=O)c1cn(CC)c2c(F)c(-c3ccccc3OC)c(F)cc2c1=O. The molecule has 0 aliphatic rings. The number of hydrogen-bond donors (Lipinski definition) is 0. The van der Waals surface area contributed by atoms with Crippen molar-refractivity contribution in [2.24, 2.45) is 0 Å². The number of benzene rings is 2. The molecule has 0 aliphatic heterocycles. The number of nitrogens with zero attached hydrogens (tertiary/aromatic N) is 1. The maximum absolute atomic E-state index is 15.5. The lowest BCUT2D eigenvalue weighted by molar-refractivity contribution is 0.0524. The molecule has 7 heteroatoms. The highest BCUT2D eigenvalue weighted by molar-refractivity contribution is 5.95. The van der Waals surface area contributed by atoms with Gasteiger partial charge < -0.3 is 14.0 Å². The molecule has 1 aromatic heterocycles. The zero-order chi connectivity index (χ0) is 20.4. The van der Waals surface area contributed by atoms with Crippen LogP contribution in [0.1, 0.15) is 24.2 Å². The first-order chi connectivity index (χ1) is 13.4. The minimum Gasteiger partial charge on any atom is -0.496 e. The molecule has 146 valence electrons. The van der Waals surface area contributed by atoms with Crippen LogP contribution >= 0.6 is 0 Å². The summed E-state index contributed by atoms with van der Waals surface area (Å²) in [5.41, 5.74) is -1.19. The number of aryl methyl sites for hydroxylation is 1. The van der Waals surface area contributed by atoms with Crippen LogP contribution in [0.2, 0.25) is 0 Å². The first-order valence-electron chi connectivity index (χ1n) is 8.80. The van der Waals surface area contributed by atoms with Crippen molar-refractivity contribution in [2.75, 3.05) is 13.7 Å². The van der Waals surface area contributed by atoms with Crippen molar-refractivity contribution in [3.05, 3.63) is 63.9 Å². The molecule has 0 spiro atoms. The van der Waals surface area contributed by atoms with Gasteiger partial charge in [0.25, 0.3) is 0 Å². The number of esters is 1. The molecular weight excluding hydrogens is 368 g/mol. The minimum atomic E-state index is -0.921. The van der Waals surface area contributed by atoms with Crippen molar-refractivity contribution in [3.8, 4) is 16.9 Å². The fourth-order valence-electron chi connectivity index (χ4n) is 3.19. The molecule has 0 bridgehead atoms. The Bertz CT molecular complexity index is 1120. The molecule has 0 aliphatic carbocycles. The normalized spacial score (nSPS) is 10.9. The van der Waals surface area contributed by atoms with Crippen molar-refractivity contribution in [1.29, 1.82) is 0 Å². The van der Waals surface area contributed by atoms with Crippen LogP contribution in [0.4, 0.5) is 8.78 Å². The molecule has 0 unspecified atom stereocenters. The summed E-state index contributed by atoms with van der Waals surface area (Å²) in [4.78, 5) is 24.8. The number of aromatic nitrogens is 1. The third-order valence-corrected chi connectivity index (χ3v) is 4.47. The van der Waals surface area contributed by atoms with Gasteiger partial charge in [-0.2, -0.15) is 0 Å². The van der Waals surface area contributed by atoms with E-state index in [1.165, 1.54) is 23.9 Å². The number of para-hydroxylation sites is 1. The Morgan fingerprint density at radius 2 is 1.89 bits per heavy atom. The van der Waals surface area contributed by atoms with E-state index < -0.39 is 23.0 Å². The van der Waals surface area contributed by atoms with Crippen LogP contribution in [-0.2, 0) is 11.3 Å². The van der Waals surface area contributed by atoms with E-state index in [0.717, 1.165) is 6.07 Å². The predicted octanol–water partition coefficient (Wildman–Crippen LogP) is 4.15. The smallest absolute Gasteiger partial charge is 0.343 e. The Balaban J connectivity index is 2.40. The van der Waals surface area contributed by atoms with E-state index in [1.54, 1.807) is 32.0 Å². The zero-order valence-corrected chi connectivity index (χ0v) is 15.7. The highest BCUT2D eigenvalue weighted by Gasteiger charge is 2.24. The van der Waals surface area contributed by atoms with Crippen molar-refractivity contribution in [3.63, 3.8) is 0 Å². The number of ether oxygens (including phenoxy) is 2. The molecule has 0 fully saturated rings. The lowest BCUT2D eigenvalue weighted by Gasteiger charge is -2.16. The molecule has 0 amide bonds. The number of carbonyl (C=O) groups excluding carboxylic acids is 1. The van der Waals surface area contributed by atoms with Crippen LogP contribution < -0.4 is 10.2 Å². The van der Waals surface area contributed by atoms with Gasteiger partial charge in [-0.15, -0.1) is 0 Å². The van der Waals surface area contributed by atoms with Gasteiger partial charge in [0.2, 0.25) is 5.43 Å². The molecule has 3 rings (SSSR count). The molecule has 1 heterocycles. The lowest BCUT2D eigenvalue weighted by Crippen LogP contribution is -2.21. The van der Waals surface area contributed by atoms with E-state index in [9.17, 15) is 14.0 Å². The summed E-state index contributed by atoms with van der Waals surface area (Å²) in [6.07, 6.45) is 1.25. The summed E-state index contributed by atoms with van der Waals surface area (Å²) < 4.78 is 41.9. The molecule has 0 saturated heterocycles. The largest absolute Gasteiger partial charge is 0.496 e. The van der Waals surface area contributed by atoms with Crippen LogP contribution in [0.15, 0.2) is 41.3 Å². The van der Waals surface area contributed by atoms with Crippen LogP contribution in [0.5, 0.6) is 5.75 Å². The summed E-state index contributed by atoms with van der Waals surface area (Å²) in [5.74, 6) is -2.34. The Morgan fingerprint density at radius 3 is 2.54 bits per heavy atom. The molecule has 3 aromatic rings. The quantitative estimate of drug-likeness (QED) is 0.617. The second-order valence-electron chi connectivity index (χ2n) is 6.02. The average molecular weight is 387 g/mol. The highest BCUT2D eigenvalue weighted by Crippen LogP contribution is 2.36. The number of halogens is 2. The van der Waals surface area contributed by atoms with Crippen LogP contribution in [0.25, 0.3) is 22.0 Å². The van der Waals surface area contributed by atoms with E-state index in [1.807, 2.05) is 0 Å². The van der Waals surface area contributed by atoms with Crippen molar-refractivity contribution < 1.29 is 23.0 Å². The molecule has 28 heavy (non-hydrogen) atoms. The summed E-state index contributed by atoms with van der Waals surface area (Å²) in [6, 6.07) is 7.41. The second-order valence-corrected chi connectivity index (χ2v) is 6.02. The third-order valence-electron chi connectivity index (χ3n) is 4.47. The Kier molecular flexibility index (Phi) is 5.44. The maximum atomic E-state index is 15.5. The van der Waals surface area contributed by atoms with Crippen molar-refractivity contribution in [2.45, 2.75) is 20.4 Å². The van der Waals surface area contributed by atoms with E-state index >= 15 is 4.39 Å². The van der Waals surface area contributed by atoms with Gasteiger partial charge in [0, 0.05) is 18.3 Å². The fourth-order valence-corrected chi connectivity index (χ4v) is 3.19. The minimum absolute atomic E-state index is 0.0807. The molecule has 5 nitrogen and oxygen atoms in total. The second kappa shape index (κ2) is 7.80. The number of methoxy groups -OCH3 is 1. The van der Waals surface area contributed by atoms with E-state index in [2.05, 4.69) is 0 Å². The summed E-state index contributed by atoms with van der Waals surface area (Å²) in [6.45, 7) is 3.68. The number of fused-ring (bicyclic) bond motifs is 1. The first-order valence-corrected chi connectivity index (χ1v) is 8.80. The van der Waals surface area contributed by atoms with Crippen molar-refractivity contribution in [1.82, 2.24) is 4.57 Å². The molecule has 0 atom stereocenters. The van der Waals surface area contributed by atoms with Gasteiger partial charge >= 0.3 is 5.97 Å². The van der Waals surface area contributed by atoms with Gasteiger partial charge in [0.1, 0.15) is 17.1 Å². The molecular formula is C21H19F2NO4. The van der Waals surface area contributed by atoms with Crippen LogP contribution in [0, 0.1) is 11.6 Å². The maximum Gasteiger partial charge on any atom is 0.343 e. The van der Waals surface area contributed by atoms with Gasteiger partial charge in [0.05, 0.1) is 30.2 Å². The van der Waals surface area contributed by atoms with E-state index in [4.69, 9.17) is 9.47 Å². The van der Waals surface area contributed by atoms with E-state index in [0.29, 0.717) is 5.75 Å². The van der Waals surface area contributed by atoms with E-state index in [-0.39, 0.29) is 40.7 Å². The zero-order valence-electron chi connectivity index (χ0n) is 15.7. The Hall–Kier alpha value is -3.22. The summed E-state index contributed by atoms with van der Waals surface area (Å²) in [7, 11) is 1.41. The number of rotatable bonds is 5. The van der Waals surface area contributed by atoms with Gasteiger partial charge in [0.15, 0.2) is 5.82 Å². The van der Waals surface area contributed by atoms with Crippen LogP contribution in [0.3, 0.4) is 0 Å². The first kappa shape index (κ1) is 19.5. The fraction of sp³-hybridized carbons (Fsp3) is 0.238. The molecule has 0 saturated carbocycles. The third kappa shape index (κ3) is 3.13. The summed E-state index contributed by atoms with van der Waals surface area (Å²) >= 11 is 0. The molecule has 2 aromatic carbocycles. The Labute approximate surface area is 160 Å². The number of carbonyl (C=O) groups is 1. The van der Waals surface area contributed by atoms with Crippen molar-refractivity contribution >= 4 is 16.9 Å². The monoisotopic (exact) mass is 387 g/mol. The lowest BCUT2D eigenvalue weighted by atomic mass is 9.99. The summed E-state index contributed by atoms with van der Waals surface area (Å²) in [5, 5.41) is -0.221. The Morgan fingerprint density at radius 1 is 1.18 bits per heavy atom. The van der Waals surface area contributed by atoms with Gasteiger partial charge in [-0.25, -0.2) is 13.6 Å². The van der Waals surface area contributed by atoms with Gasteiger partial charge in [-0.3, -0.25) is 4.79 Å². The molecule has 0 radical (unpaired) electrons. The predicted molar refractivity (Wildman–Crippen MR) is 102 cm³/mol. The number of hydrogen-bond acceptors (Lipinski definition) is 4. The van der Waals surface area contributed by atoms with Gasteiger partial charge in [-0.1, -0.05) is 18.2 Å². The van der Waals surface area contributed by atoms with Gasteiger partial charge in [-0.05, 0) is 26.0 Å². The highest BCUT2D eigenvalue weighted by atomic mass is 19.1. The van der Waals surface area contributed by atoms with Crippen LogP contribution in [-0.4, -0.2) is 24.3 Å². The number of pyridine rings is 1. The topological polar surface area (TPSA) is 57.5 Å². The molecule has 0 N–H and O–H groups in total. The standard InChI is InChI=1S/C21H19F2NO4/c1-4-24-11-14(21(26)28-5-2)20(25)13-10-15(22)17(18(23)19(13)24)12-8-6-7-9-16(12)27-3/h6-11H,4-5H2,1-3H3.